The van der Waals surface area contributed by atoms with Gasteiger partial charge in [0.1, 0.15) is 11.6 Å². The van der Waals surface area contributed by atoms with Gasteiger partial charge in [-0.15, -0.1) is 0 Å². The van der Waals surface area contributed by atoms with Gasteiger partial charge in [0, 0.05) is 6.08 Å². The van der Waals surface area contributed by atoms with Crippen LogP contribution in [0.1, 0.15) is 24.5 Å². The second-order valence-electron chi connectivity index (χ2n) is 4.70. The molecule has 0 radical (unpaired) electrons. The molecule has 0 fully saturated rings. The summed E-state index contributed by atoms with van der Waals surface area (Å²) in [5.74, 6) is -0.243. The summed E-state index contributed by atoms with van der Waals surface area (Å²) >= 11 is 0. The van der Waals surface area contributed by atoms with Crippen molar-refractivity contribution in [3.05, 3.63) is 71.6 Å². The Bertz CT molecular complexity index is 613. The number of carbonyl (C=O) groups excluding carboxylic acids is 1. The molecule has 0 aromatic heterocycles. The molecule has 0 bridgehead atoms. The van der Waals surface area contributed by atoms with E-state index in [1.54, 1.807) is 30.3 Å². The van der Waals surface area contributed by atoms with Gasteiger partial charge in [-0.1, -0.05) is 37.6 Å². The minimum Gasteiger partial charge on any atom is -0.423 e. The second kappa shape index (κ2) is 7.39. The number of hydrogen-bond donors (Lipinski definition) is 0. The maximum Gasteiger partial charge on any atom is 0.336 e. The van der Waals surface area contributed by atoms with E-state index in [4.69, 9.17) is 4.74 Å². The highest BCUT2D eigenvalue weighted by Crippen LogP contribution is 2.14. The van der Waals surface area contributed by atoms with E-state index in [2.05, 4.69) is 6.92 Å². The normalized spacial score (nSPS) is 10.8. The molecule has 0 N–H and O–H groups in total. The Kier molecular flexibility index (Phi) is 5.27. The summed E-state index contributed by atoms with van der Waals surface area (Å²) in [5, 5.41) is 0. The molecule has 0 atom stereocenters. The molecule has 0 unspecified atom stereocenters. The average molecular weight is 284 g/mol. The maximum atomic E-state index is 12.7. The molecule has 0 aliphatic carbocycles. The van der Waals surface area contributed by atoms with E-state index in [-0.39, 0.29) is 5.82 Å². The average Bonchev–Trinajstić information content (AvgIpc) is 2.49. The smallest absolute Gasteiger partial charge is 0.336 e. The zero-order chi connectivity index (χ0) is 15.1. The van der Waals surface area contributed by atoms with Crippen LogP contribution >= 0.6 is 0 Å². The van der Waals surface area contributed by atoms with Crippen molar-refractivity contribution in [2.45, 2.75) is 19.8 Å². The highest BCUT2D eigenvalue weighted by molar-refractivity contribution is 5.88. The lowest BCUT2D eigenvalue weighted by Crippen LogP contribution is -2.03. The molecule has 2 aromatic rings. The number of benzene rings is 2. The van der Waals surface area contributed by atoms with Gasteiger partial charge >= 0.3 is 5.97 Å². The van der Waals surface area contributed by atoms with Gasteiger partial charge in [-0.25, -0.2) is 9.18 Å². The summed E-state index contributed by atoms with van der Waals surface area (Å²) in [6.07, 6.45) is 5.01. The number of halogens is 1. The van der Waals surface area contributed by atoms with Crippen molar-refractivity contribution in [1.29, 1.82) is 0 Å². The van der Waals surface area contributed by atoms with Gasteiger partial charge < -0.3 is 4.74 Å². The number of ether oxygens (including phenoxy) is 1. The first-order valence-corrected chi connectivity index (χ1v) is 6.92. The zero-order valence-electron chi connectivity index (χ0n) is 11.9. The van der Waals surface area contributed by atoms with Crippen LogP contribution in [-0.4, -0.2) is 5.97 Å². The summed E-state index contributed by atoms with van der Waals surface area (Å²) in [6.45, 7) is 2.12. The first-order chi connectivity index (χ1) is 10.2. The zero-order valence-corrected chi connectivity index (χ0v) is 11.9. The lowest BCUT2D eigenvalue weighted by molar-refractivity contribution is -0.128. The van der Waals surface area contributed by atoms with Gasteiger partial charge in [0.25, 0.3) is 0 Å². The van der Waals surface area contributed by atoms with Gasteiger partial charge in [-0.2, -0.15) is 0 Å². The first kappa shape index (κ1) is 15.0. The molecule has 0 spiro atoms. The van der Waals surface area contributed by atoms with Crippen LogP contribution in [0.5, 0.6) is 5.75 Å². The SMILES string of the molecule is CCCc1ccc(OC(=O)/C=C/c2ccc(F)cc2)cc1. The topological polar surface area (TPSA) is 26.3 Å². The molecule has 0 aliphatic rings. The number of rotatable bonds is 5. The van der Waals surface area contributed by atoms with Crippen LogP contribution in [0.2, 0.25) is 0 Å². The van der Waals surface area contributed by atoms with E-state index < -0.39 is 5.97 Å². The summed E-state index contributed by atoms with van der Waals surface area (Å²) in [5.41, 5.74) is 1.96. The molecule has 0 saturated carbocycles. The summed E-state index contributed by atoms with van der Waals surface area (Å²) in [7, 11) is 0. The number of hydrogen-bond acceptors (Lipinski definition) is 2. The van der Waals surface area contributed by atoms with Crippen molar-refractivity contribution in [2.75, 3.05) is 0 Å². The van der Waals surface area contributed by atoms with E-state index in [1.165, 1.54) is 23.8 Å². The summed E-state index contributed by atoms with van der Waals surface area (Å²) in [4.78, 5) is 11.7. The fraction of sp³-hybridized carbons (Fsp3) is 0.167. The van der Waals surface area contributed by atoms with E-state index in [0.717, 1.165) is 18.4 Å². The van der Waals surface area contributed by atoms with Crippen molar-refractivity contribution >= 4 is 12.0 Å². The Morgan fingerprint density at radius 2 is 1.76 bits per heavy atom. The molecule has 3 heteroatoms. The van der Waals surface area contributed by atoms with Crippen LogP contribution in [0.4, 0.5) is 4.39 Å². The predicted octanol–water partition coefficient (Wildman–Crippen LogP) is 4.40. The number of carbonyl (C=O) groups is 1. The third-order valence-corrected chi connectivity index (χ3v) is 2.96. The summed E-state index contributed by atoms with van der Waals surface area (Å²) < 4.78 is 17.9. The van der Waals surface area contributed by atoms with Crippen LogP contribution in [0.15, 0.2) is 54.6 Å². The monoisotopic (exact) mass is 284 g/mol. The molecule has 0 aliphatic heterocycles. The third-order valence-electron chi connectivity index (χ3n) is 2.96. The molecular formula is C18H17FO2. The molecule has 2 aromatic carbocycles. The summed E-state index contributed by atoms with van der Waals surface area (Å²) in [6, 6.07) is 13.4. The van der Waals surface area contributed by atoms with E-state index in [9.17, 15) is 9.18 Å². The van der Waals surface area contributed by atoms with Crippen LogP contribution in [0.3, 0.4) is 0 Å². The minimum atomic E-state index is -0.456. The van der Waals surface area contributed by atoms with E-state index in [0.29, 0.717) is 5.75 Å². The lowest BCUT2D eigenvalue weighted by Gasteiger charge is -2.03. The lowest BCUT2D eigenvalue weighted by atomic mass is 10.1. The van der Waals surface area contributed by atoms with E-state index >= 15 is 0 Å². The van der Waals surface area contributed by atoms with E-state index in [1.807, 2.05) is 12.1 Å². The Labute approximate surface area is 123 Å². The molecule has 21 heavy (non-hydrogen) atoms. The van der Waals surface area contributed by atoms with Crippen LogP contribution in [0.25, 0.3) is 6.08 Å². The second-order valence-corrected chi connectivity index (χ2v) is 4.70. The first-order valence-electron chi connectivity index (χ1n) is 6.92. The molecular weight excluding hydrogens is 267 g/mol. The van der Waals surface area contributed by atoms with Crippen LogP contribution in [-0.2, 0) is 11.2 Å². The van der Waals surface area contributed by atoms with Crippen molar-refractivity contribution in [3.8, 4) is 5.75 Å². The van der Waals surface area contributed by atoms with Crippen molar-refractivity contribution in [2.24, 2.45) is 0 Å². The van der Waals surface area contributed by atoms with Gasteiger partial charge in [-0.05, 0) is 47.9 Å². The Hall–Kier alpha value is -2.42. The van der Waals surface area contributed by atoms with Gasteiger partial charge in [0.2, 0.25) is 0 Å². The molecule has 0 amide bonds. The maximum absolute atomic E-state index is 12.7. The van der Waals surface area contributed by atoms with Gasteiger partial charge in [-0.3, -0.25) is 0 Å². The minimum absolute atomic E-state index is 0.304. The Morgan fingerprint density at radius 3 is 2.38 bits per heavy atom. The fourth-order valence-corrected chi connectivity index (χ4v) is 1.90. The highest BCUT2D eigenvalue weighted by Gasteiger charge is 2.01. The predicted molar refractivity (Wildman–Crippen MR) is 81.5 cm³/mol. The standard InChI is InChI=1S/C18H17FO2/c1-2-3-14-6-11-17(12-7-14)21-18(20)13-8-15-4-9-16(19)10-5-15/h4-13H,2-3H2,1H3/b13-8+. The van der Waals surface area contributed by atoms with Gasteiger partial charge in [0.05, 0.1) is 0 Å². The highest BCUT2D eigenvalue weighted by atomic mass is 19.1. The quantitative estimate of drug-likeness (QED) is 0.462. The Balaban J connectivity index is 1.93. The van der Waals surface area contributed by atoms with Crippen LogP contribution < -0.4 is 4.74 Å². The number of aryl methyl sites for hydroxylation is 1. The molecule has 2 nitrogen and oxygen atoms in total. The van der Waals surface area contributed by atoms with Crippen molar-refractivity contribution in [1.82, 2.24) is 0 Å². The van der Waals surface area contributed by atoms with Crippen molar-refractivity contribution in [3.63, 3.8) is 0 Å². The molecule has 2 rings (SSSR count). The third kappa shape index (κ3) is 4.88. The number of esters is 1. The Morgan fingerprint density at radius 1 is 1.10 bits per heavy atom. The molecule has 108 valence electrons. The fourth-order valence-electron chi connectivity index (χ4n) is 1.90. The van der Waals surface area contributed by atoms with Gasteiger partial charge in [0.15, 0.2) is 0 Å². The molecule has 0 heterocycles. The molecule has 0 saturated heterocycles. The van der Waals surface area contributed by atoms with Crippen LogP contribution in [0, 0.1) is 5.82 Å². The largest absolute Gasteiger partial charge is 0.423 e. The van der Waals surface area contributed by atoms with Crippen molar-refractivity contribution < 1.29 is 13.9 Å².